The van der Waals surface area contributed by atoms with Gasteiger partial charge in [0.1, 0.15) is 0 Å². The summed E-state index contributed by atoms with van der Waals surface area (Å²) < 4.78 is 12.3. The zero-order valence-corrected chi connectivity index (χ0v) is 20.3. The lowest BCUT2D eigenvalue weighted by Gasteiger charge is -2.41. The largest absolute Gasteiger partial charge is 0.511 e. The van der Waals surface area contributed by atoms with Gasteiger partial charge in [-0.15, -0.1) is 0 Å². The molecule has 176 valence electrons. The molecule has 3 nitrogen and oxygen atoms in total. The van der Waals surface area contributed by atoms with Crippen molar-refractivity contribution in [2.45, 2.75) is 76.4 Å². The van der Waals surface area contributed by atoms with Crippen LogP contribution in [0.1, 0.15) is 76.3 Å². The molecule has 0 aliphatic heterocycles. The molecule has 2 fully saturated rings. The van der Waals surface area contributed by atoms with Gasteiger partial charge in [0.15, 0.2) is 11.2 Å². The van der Waals surface area contributed by atoms with E-state index in [1.165, 1.54) is 0 Å². The lowest BCUT2D eigenvalue weighted by Crippen LogP contribution is -2.47. The maximum absolute atomic E-state index is 13.3. The average molecular weight is 455 g/mol. The molecule has 2 aliphatic rings. The molecule has 2 saturated carbocycles. The van der Waals surface area contributed by atoms with Crippen molar-refractivity contribution in [2.75, 3.05) is 0 Å². The normalized spacial score (nSPS) is 28.4. The highest BCUT2D eigenvalue weighted by atomic mass is 16.7. The Balaban J connectivity index is 1.59. The fraction of sp³-hybridized carbons (Fsp3) is 0.452. The van der Waals surface area contributed by atoms with Crippen LogP contribution >= 0.6 is 0 Å². The third kappa shape index (κ3) is 5.66. The van der Waals surface area contributed by atoms with Gasteiger partial charge in [0.05, 0.1) is 0 Å². The second kappa shape index (κ2) is 10.8. The molecule has 3 heteroatoms. The van der Waals surface area contributed by atoms with Crippen molar-refractivity contribution >= 4 is 6.16 Å². The zero-order valence-electron chi connectivity index (χ0n) is 20.3. The maximum atomic E-state index is 13.3. The van der Waals surface area contributed by atoms with E-state index in [1.807, 2.05) is 60.7 Å². The summed E-state index contributed by atoms with van der Waals surface area (Å²) >= 11 is 0. The minimum Gasteiger partial charge on any atom is -0.414 e. The van der Waals surface area contributed by atoms with E-state index in [-0.39, 0.29) is 11.8 Å². The summed E-state index contributed by atoms with van der Waals surface area (Å²) in [6.45, 7) is 4.25. The van der Waals surface area contributed by atoms with E-state index in [0.29, 0.717) is 0 Å². The average Bonchev–Trinajstić information content (AvgIpc) is 2.86. The van der Waals surface area contributed by atoms with Crippen LogP contribution in [0.5, 0.6) is 0 Å². The number of benzene rings is 2. The van der Waals surface area contributed by atoms with Crippen LogP contribution in [0.3, 0.4) is 0 Å². The number of carbonyl (C=O) groups excluding carboxylic acids is 1. The second-order valence-electron chi connectivity index (χ2n) is 9.76. The quantitative estimate of drug-likeness (QED) is 0.357. The molecule has 0 saturated heterocycles. The molecule has 0 N–H and O–H groups in total. The Morgan fingerprint density at radius 3 is 1.50 bits per heavy atom. The molecule has 0 amide bonds. The Morgan fingerprint density at radius 2 is 1.12 bits per heavy atom. The summed E-state index contributed by atoms with van der Waals surface area (Å²) in [5, 5.41) is 0. The highest BCUT2D eigenvalue weighted by Crippen LogP contribution is 2.40. The van der Waals surface area contributed by atoms with Crippen LogP contribution in [0.25, 0.3) is 0 Å². The van der Waals surface area contributed by atoms with Gasteiger partial charge in [-0.25, -0.2) is 4.79 Å². The van der Waals surface area contributed by atoms with Crippen LogP contribution in [0.4, 0.5) is 4.79 Å². The molecule has 0 bridgehead atoms. The third-order valence-electron chi connectivity index (χ3n) is 7.38. The minimum absolute atomic E-state index is 0.139. The van der Waals surface area contributed by atoms with Gasteiger partial charge in [-0.05, 0) is 74.6 Å². The number of ether oxygens (including phenoxy) is 2. The Hall–Kier alpha value is -3.17. The van der Waals surface area contributed by atoms with Crippen molar-refractivity contribution in [1.29, 1.82) is 0 Å². The van der Waals surface area contributed by atoms with Crippen LogP contribution in [0.15, 0.2) is 60.7 Å². The number of carbonyl (C=O) groups is 1. The summed E-state index contributed by atoms with van der Waals surface area (Å²) in [6, 6.07) is 19.7. The van der Waals surface area contributed by atoms with Crippen molar-refractivity contribution < 1.29 is 14.3 Å². The van der Waals surface area contributed by atoms with Crippen LogP contribution in [-0.2, 0) is 9.47 Å². The number of rotatable bonds is 2. The maximum Gasteiger partial charge on any atom is 0.511 e. The second-order valence-corrected chi connectivity index (χ2v) is 9.76. The first-order chi connectivity index (χ1) is 16.5. The fourth-order valence-corrected chi connectivity index (χ4v) is 5.08. The highest BCUT2D eigenvalue weighted by Gasteiger charge is 2.45. The first-order valence-electron chi connectivity index (χ1n) is 12.6. The summed E-state index contributed by atoms with van der Waals surface area (Å²) in [7, 11) is 0. The molecule has 0 heterocycles. The molecule has 2 aromatic carbocycles. The van der Waals surface area contributed by atoms with E-state index in [9.17, 15) is 4.79 Å². The monoisotopic (exact) mass is 454 g/mol. The Kier molecular flexibility index (Phi) is 7.64. The third-order valence-corrected chi connectivity index (χ3v) is 7.38. The van der Waals surface area contributed by atoms with Crippen molar-refractivity contribution in [3.63, 3.8) is 0 Å². The summed E-state index contributed by atoms with van der Waals surface area (Å²) in [5.74, 6) is 13.5. The molecule has 4 rings (SSSR count). The lowest BCUT2D eigenvalue weighted by atomic mass is 9.76. The van der Waals surface area contributed by atoms with Crippen molar-refractivity contribution in [3.8, 4) is 23.7 Å². The molecule has 34 heavy (non-hydrogen) atoms. The van der Waals surface area contributed by atoms with E-state index in [0.717, 1.165) is 62.5 Å². The SMILES string of the molecule is CC1CCCCC1(C#Cc1ccccc1)OC(=O)OC1(C#Cc2ccccc2)CCCCC1C. The van der Waals surface area contributed by atoms with Crippen molar-refractivity contribution in [3.05, 3.63) is 71.8 Å². The van der Waals surface area contributed by atoms with E-state index in [2.05, 4.69) is 37.5 Å². The standard InChI is InChI=1S/C31H34O3/c1-25-13-9-11-21-30(25,23-19-27-15-5-3-6-16-27)33-29(32)34-31(22-12-10-14-26(31)2)24-20-28-17-7-4-8-18-28/h3-8,15-18,25-26H,9-14,21-22H2,1-2H3. The fourth-order valence-electron chi connectivity index (χ4n) is 5.08. The van der Waals surface area contributed by atoms with Gasteiger partial charge in [0.2, 0.25) is 0 Å². The van der Waals surface area contributed by atoms with Gasteiger partial charge in [-0.2, -0.15) is 0 Å². The van der Waals surface area contributed by atoms with Crippen molar-refractivity contribution in [1.82, 2.24) is 0 Å². The molecule has 2 aliphatic carbocycles. The van der Waals surface area contributed by atoms with Gasteiger partial charge in [-0.1, -0.05) is 74.9 Å². The lowest BCUT2D eigenvalue weighted by molar-refractivity contribution is -0.0925. The number of hydrogen-bond acceptors (Lipinski definition) is 3. The van der Waals surface area contributed by atoms with Gasteiger partial charge >= 0.3 is 6.16 Å². The predicted molar refractivity (Wildman–Crippen MR) is 135 cm³/mol. The first kappa shape index (κ1) is 24.0. The van der Waals surface area contributed by atoms with Crippen LogP contribution in [0, 0.1) is 35.5 Å². The van der Waals surface area contributed by atoms with Gasteiger partial charge in [-0.3, -0.25) is 0 Å². The van der Waals surface area contributed by atoms with E-state index < -0.39 is 17.4 Å². The van der Waals surface area contributed by atoms with Crippen LogP contribution < -0.4 is 0 Å². The Morgan fingerprint density at radius 1 is 0.706 bits per heavy atom. The van der Waals surface area contributed by atoms with Crippen LogP contribution in [0.2, 0.25) is 0 Å². The summed E-state index contributed by atoms with van der Waals surface area (Å²) in [5.41, 5.74) is 0.166. The topological polar surface area (TPSA) is 35.5 Å². The zero-order chi connectivity index (χ0) is 23.9. The molecule has 0 aromatic heterocycles. The van der Waals surface area contributed by atoms with Gasteiger partial charge in [0.25, 0.3) is 0 Å². The molecule has 4 unspecified atom stereocenters. The van der Waals surface area contributed by atoms with Crippen LogP contribution in [-0.4, -0.2) is 17.4 Å². The minimum atomic E-state index is -0.836. The Labute approximate surface area is 204 Å². The molecule has 4 atom stereocenters. The smallest absolute Gasteiger partial charge is 0.414 e. The molecular formula is C31H34O3. The summed E-state index contributed by atoms with van der Waals surface area (Å²) in [6.07, 6.45) is 6.97. The number of hydrogen-bond donors (Lipinski definition) is 0. The van der Waals surface area contributed by atoms with E-state index in [1.54, 1.807) is 0 Å². The Bertz CT molecular complexity index is 998. The van der Waals surface area contributed by atoms with E-state index >= 15 is 0 Å². The van der Waals surface area contributed by atoms with Gasteiger partial charge < -0.3 is 9.47 Å². The molecule has 0 radical (unpaired) electrons. The predicted octanol–water partition coefficient (Wildman–Crippen LogP) is 7.14. The molecule has 2 aromatic rings. The van der Waals surface area contributed by atoms with E-state index in [4.69, 9.17) is 9.47 Å². The first-order valence-corrected chi connectivity index (χ1v) is 12.6. The van der Waals surface area contributed by atoms with Gasteiger partial charge in [0, 0.05) is 23.0 Å². The van der Waals surface area contributed by atoms with Crippen molar-refractivity contribution in [2.24, 2.45) is 11.8 Å². The molecular weight excluding hydrogens is 420 g/mol. The summed E-state index contributed by atoms with van der Waals surface area (Å²) in [4.78, 5) is 13.3. The highest BCUT2D eigenvalue weighted by molar-refractivity contribution is 5.63. The molecule has 0 spiro atoms.